The molecule has 0 bridgehead atoms. The van der Waals surface area contributed by atoms with Crippen molar-refractivity contribution in [3.05, 3.63) is 82.2 Å². The van der Waals surface area contributed by atoms with Gasteiger partial charge in [0.05, 0.1) is 11.7 Å². The highest BCUT2D eigenvalue weighted by Crippen LogP contribution is 2.50. The van der Waals surface area contributed by atoms with Crippen LogP contribution in [0.3, 0.4) is 0 Å². The second-order valence-corrected chi connectivity index (χ2v) is 22.5. The molecule has 0 aromatic carbocycles. The third kappa shape index (κ3) is 4.85. The van der Waals surface area contributed by atoms with E-state index in [1.165, 1.54) is 0 Å². The van der Waals surface area contributed by atoms with Crippen LogP contribution in [0.1, 0.15) is 54.4 Å². The third-order valence-electron chi connectivity index (χ3n) is 8.25. The molecule has 4 aliphatic rings. The van der Waals surface area contributed by atoms with Gasteiger partial charge < -0.3 is 23.4 Å². The Morgan fingerprint density at radius 2 is 1.53 bits per heavy atom. The lowest BCUT2D eigenvalue weighted by molar-refractivity contribution is 0.143. The number of rotatable bonds is 4. The summed E-state index contributed by atoms with van der Waals surface area (Å²) < 4.78 is 26.6. The quantitative estimate of drug-likeness (QED) is 0.378. The lowest BCUT2D eigenvalue weighted by Crippen LogP contribution is -2.42. The Hall–Kier alpha value is -2.23. The summed E-state index contributed by atoms with van der Waals surface area (Å²) in [7, 11) is -4.48. The van der Waals surface area contributed by atoms with Gasteiger partial charge in [-0.3, -0.25) is 0 Å². The molecular weight excluding hydrogens is 484 g/mol. The van der Waals surface area contributed by atoms with E-state index in [-0.39, 0.29) is 10.1 Å². The standard InChI is InChI=1S/C29H42O5Si2/c1-28(2,3)35(7,8)33-24-18-31-22-14-12-11-13-20(22)26-25(24)21-16-15-19(30)17-23(21)32-27(26)34-36(9,10)29(4,5)6/h11,13,15-19,30H,12,14H2,1-10H3. The van der Waals surface area contributed by atoms with Gasteiger partial charge in [0.1, 0.15) is 23.5 Å². The molecule has 0 spiro atoms. The maximum Gasteiger partial charge on any atom is 0.280 e. The SMILES string of the molecule is CC(C)(C)[Si](C)(C)OC1=COC2=C(C=CCC2)C2=C(O[Si](C)(C)C(C)(C)C)OC3=CC(O)C=CC3=C12. The molecule has 5 nitrogen and oxygen atoms in total. The lowest BCUT2D eigenvalue weighted by atomic mass is 9.86. The first-order chi connectivity index (χ1) is 16.5. The maximum absolute atomic E-state index is 10.4. The molecule has 36 heavy (non-hydrogen) atoms. The van der Waals surface area contributed by atoms with Gasteiger partial charge in [0, 0.05) is 23.1 Å². The van der Waals surface area contributed by atoms with Gasteiger partial charge in [0.15, 0.2) is 0 Å². The van der Waals surface area contributed by atoms with Gasteiger partial charge in [0.25, 0.3) is 22.6 Å². The average molecular weight is 527 g/mol. The molecule has 7 heteroatoms. The number of ether oxygens (including phenoxy) is 2. The monoisotopic (exact) mass is 526 g/mol. The molecule has 0 fully saturated rings. The molecule has 0 saturated carbocycles. The molecule has 1 atom stereocenters. The Balaban J connectivity index is 1.99. The highest BCUT2D eigenvalue weighted by Gasteiger charge is 2.46. The van der Waals surface area contributed by atoms with E-state index >= 15 is 0 Å². The van der Waals surface area contributed by atoms with E-state index < -0.39 is 22.7 Å². The fraction of sp³-hybridized carbons (Fsp3) is 0.517. The van der Waals surface area contributed by atoms with E-state index in [0.717, 1.165) is 40.9 Å². The minimum absolute atomic E-state index is 0.00506. The van der Waals surface area contributed by atoms with E-state index in [2.05, 4.69) is 79.9 Å². The molecule has 0 aromatic heterocycles. The summed E-state index contributed by atoms with van der Waals surface area (Å²) in [5, 5.41) is 10.4. The zero-order valence-electron chi connectivity index (χ0n) is 23.5. The fourth-order valence-corrected chi connectivity index (χ4v) is 5.81. The first-order valence-corrected chi connectivity index (χ1v) is 18.7. The fourth-order valence-electron chi connectivity index (χ4n) is 3.89. The minimum atomic E-state index is -2.27. The van der Waals surface area contributed by atoms with Gasteiger partial charge in [-0.15, -0.1) is 0 Å². The normalized spacial score (nSPS) is 22.6. The van der Waals surface area contributed by atoms with Crippen LogP contribution in [0.4, 0.5) is 0 Å². The number of allylic oxidation sites excluding steroid dienone is 6. The zero-order valence-corrected chi connectivity index (χ0v) is 25.5. The van der Waals surface area contributed by atoms with E-state index in [1.54, 1.807) is 18.4 Å². The van der Waals surface area contributed by atoms with Gasteiger partial charge >= 0.3 is 0 Å². The molecule has 2 aliphatic heterocycles. The number of hydrogen-bond acceptors (Lipinski definition) is 5. The summed E-state index contributed by atoms with van der Waals surface area (Å²) >= 11 is 0. The molecule has 2 heterocycles. The van der Waals surface area contributed by atoms with Gasteiger partial charge in [-0.2, -0.15) is 0 Å². The van der Waals surface area contributed by atoms with Crippen molar-refractivity contribution in [1.29, 1.82) is 0 Å². The third-order valence-corrected chi connectivity index (χ3v) is 16.9. The van der Waals surface area contributed by atoms with E-state index in [0.29, 0.717) is 17.5 Å². The van der Waals surface area contributed by atoms with Crippen LogP contribution in [0.15, 0.2) is 82.2 Å². The minimum Gasteiger partial charge on any atom is -0.541 e. The summed E-state index contributed by atoms with van der Waals surface area (Å²) in [5.74, 6) is 2.65. The molecule has 0 aromatic rings. The van der Waals surface area contributed by atoms with Crippen molar-refractivity contribution in [1.82, 2.24) is 0 Å². The van der Waals surface area contributed by atoms with Gasteiger partial charge in [-0.25, -0.2) is 0 Å². The van der Waals surface area contributed by atoms with E-state index in [4.69, 9.17) is 18.3 Å². The van der Waals surface area contributed by atoms with Crippen molar-refractivity contribution < 1.29 is 23.4 Å². The van der Waals surface area contributed by atoms with Gasteiger partial charge in [-0.05, 0) is 48.8 Å². The average Bonchev–Trinajstić information content (AvgIpc) is 2.89. The predicted molar refractivity (Wildman–Crippen MR) is 149 cm³/mol. The first kappa shape index (κ1) is 26.8. The molecule has 0 amide bonds. The smallest absolute Gasteiger partial charge is 0.280 e. The van der Waals surface area contributed by atoms with Gasteiger partial charge in [-0.1, -0.05) is 65.8 Å². The van der Waals surface area contributed by atoms with E-state index in [1.807, 2.05) is 6.08 Å². The van der Waals surface area contributed by atoms with Crippen molar-refractivity contribution in [2.24, 2.45) is 0 Å². The highest BCUT2D eigenvalue weighted by atomic mass is 28.4. The molecular formula is C29H42O5Si2. The molecule has 1 N–H and O–H groups in total. The number of hydrogen-bond donors (Lipinski definition) is 1. The maximum atomic E-state index is 10.4. The summed E-state index contributed by atoms with van der Waals surface area (Å²) in [5.41, 5.74) is 3.63. The molecule has 2 aliphatic carbocycles. The van der Waals surface area contributed by atoms with Gasteiger partial charge in [0.2, 0.25) is 0 Å². The first-order valence-electron chi connectivity index (χ1n) is 12.9. The van der Waals surface area contributed by atoms with Crippen LogP contribution in [0.25, 0.3) is 0 Å². The van der Waals surface area contributed by atoms with Crippen LogP contribution in [0, 0.1) is 0 Å². The van der Waals surface area contributed by atoms with Crippen LogP contribution in [-0.4, -0.2) is 27.8 Å². The molecule has 1 unspecified atom stereocenters. The molecule has 196 valence electrons. The van der Waals surface area contributed by atoms with Crippen molar-refractivity contribution in [3.8, 4) is 0 Å². The van der Waals surface area contributed by atoms with Crippen LogP contribution in [0.5, 0.6) is 0 Å². The Bertz CT molecular complexity index is 1160. The zero-order chi connectivity index (χ0) is 26.7. The van der Waals surface area contributed by atoms with Crippen molar-refractivity contribution >= 4 is 16.6 Å². The van der Waals surface area contributed by atoms with Crippen molar-refractivity contribution in [2.75, 3.05) is 0 Å². The molecule has 0 saturated heterocycles. The Morgan fingerprint density at radius 3 is 2.17 bits per heavy atom. The van der Waals surface area contributed by atoms with Crippen LogP contribution < -0.4 is 0 Å². The van der Waals surface area contributed by atoms with Crippen LogP contribution in [-0.2, 0) is 18.3 Å². The highest BCUT2D eigenvalue weighted by molar-refractivity contribution is 6.74. The summed E-state index contributed by atoms with van der Waals surface area (Å²) in [4.78, 5) is 0. The lowest BCUT2D eigenvalue weighted by Gasteiger charge is -2.41. The Kier molecular flexibility index (Phi) is 6.68. The number of aliphatic hydroxyl groups excluding tert-OH is 1. The molecule has 4 rings (SSSR count). The summed E-state index contributed by atoms with van der Waals surface area (Å²) in [6.07, 6.45) is 12.5. The predicted octanol–water partition coefficient (Wildman–Crippen LogP) is 7.86. The van der Waals surface area contributed by atoms with Crippen molar-refractivity contribution in [3.63, 3.8) is 0 Å². The second kappa shape index (κ2) is 8.96. The number of aliphatic hydroxyl groups is 1. The Morgan fingerprint density at radius 1 is 0.889 bits per heavy atom. The molecule has 0 radical (unpaired) electrons. The topological polar surface area (TPSA) is 57.2 Å². The van der Waals surface area contributed by atoms with Crippen LogP contribution in [0.2, 0.25) is 36.3 Å². The van der Waals surface area contributed by atoms with E-state index in [9.17, 15) is 5.11 Å². The van der Waals surface area contributed by atoms with Crippen LogP contribution >= 0.6 is 0 Å². The van der Waals surface area contributed by atoms with Crippen molar-refractivity contribution in [2.45, 2.75) is 96.8 Å². The summed E-state index contributed by atoms with van der Waals surface area (Å²) in [6, 6.07) is 0. The largest absolute Gasteiger partial charge is 0.541 e. The number of fused-ring (bicyclic) bond motifs is 3. The second-order valence-electron chi connectivity index (χ2n) is 13.0. The summed E-state index contributed by atoms with van der Waals surface area (Å²) in [6.45, 7) is 22.3. The Labute approximate surface area is 218 Å².